The van der Waals surface area contributed by atoms with Crippen LogP contribution in [-0.2, 0) is 11.2 Å². The number of nitrogens with one attached hydrogen (secondary N) is 1. The molecule has 0 fully saturated rings. The first-order valence-electron chi connectivity index (χ1n) is 5.29. The second-order valence-electron chi connectivity index (χ2n) is 3.76. The largest absolute Gasteiger partial charge is 0.481 e. The predicted octanol–water partition coefficient (Wildman–Crippen LogP) is 1.41. The van der Waals surface area contributed by atoms with Gasteiger partial charge in [0, 0.05) is 12.7 Å². The topological polar surface area (TPSA) is 69.6 Å². The molecule has 0 heterocycles. The van der Waals surface area contributed by atoms with E-state index in [1.807, 2.05) is 0 Å². The number of carboxylic acids is 1. The maximum Gasteiger partial charge on any atom is 0.322 e. The number of rotatable bonds is 4. The summed E-state index contributed by atoms with van der Waals surface area (Å²) in [6.07, 6.45) is 5.02. The molecule has 1 aromatic rings. The van der Waals surface area contributed by atoms with Gasteiger partial charge in [0.2, 0.25) is 0 Å². The third kappa shape index (κ3) is 4.18. The molecule has 0 saturated carbocycles. The van der Waals surface area contributed by atoms with Crippen LogP contribution in [0, 0.1) is 12.3 Å². The summed E-state index contributed by atoms with van der Waals surface area (Å²) in [5.74, 6) is 1.45. The lowest BCUT2D eigenvalue weighted by Gasteiger charge is -2.15. The van der Waals surface area contributed by atoms with E-state index < -0.39 is 5.97 Å². The number of terminal acetylenes is 1. The van der Waals surface area contributed by atoms with Crippen LogP contribution in [0.1, 0.15) is 5.56 Å². The van der Waals surface area contributed by atoms with Gasteiger partial charge in [0.05, 0.1) is 13.0 Å². The van der Waals surface area contributed by atoms with Crippen molar-refractivity contribution in [2.24, 2.45) is 0 Å². The van der Waals surface area contributed by atoms with Crippen LogP contribution in [0.5, 0.6) is 0 Å². The SMILES string of the molecule is C#CCN(C)C(=O)Nc1cccc(CC(=O)O)c1. The lowest BCUT2D eigenvalue weighted by atomic mass is 10.1. The van der Waals surface area contributed by atoms with Gasteiger partial charge in [-0.2, -0.15) is 0 Å². The van der Waals surface area contributed by atoms with E-state index in [0.29, 0.717) is 11.3 Å². The maximum absolute atomic E-state index is 11.6. The van der Waals surface area contributed by atoms with Crippen molar-refractivity contribution in [1.29, 1.82) is 0 Å². The molecule has 0 unspecified atom stereocenters. The van der Waals surface area contributed by atoms with Crippen LogP contribution in [0.15, 0.2) is 24.3 Å². The van der Waals surface area contributed by atoms with Crippen molar-refractivity contribution in [2.75, 3.05) is 18.9 Å². The number of carbonyl (C=O) groups excluding carboxylic acids is 1. The van der Waals surface area contributed by atoms with Gasteiger partial charge >= 0.3 is 12.0 Å². The van der Waals surface area contributed by atoms with Gasteiger partial charge in [-0.15, -0.1) is 6.42 Å². The summed E-state index contributed by atoms with van der Waals surface area (Å²) < 4.78 is 0. The predicted molar refractivity (Wildman–Crippen MR) is 68.3 cm³/mol. The standard InChI is InChI=1S/C13H14N2O3/c1-3-7-15(2)13(18)14-11-6-4-5-10(8-11)9-12(16)17/h1,4-6,8H,7,9H2,2H3,(H,14,18)(H,16,17). The Kier molecular flexibility index (Phi) is 4.76. The average molecular weight is 246 g/mol. The van der Waals surface area contributed by atoms with Crippen molar-refractivity contribution in [3.8, 4) is 12.3 Å². The highest BCUT2D eigenvalue weighted by Gasteiger charge is 2.08. The highest BCUT2D eigenvalue weighted by Crippen LogP contribution is 2.11. The number of amides is 2. The Morgan fingerprint density at radius 3 is 2.83 bits per heavy atom. The molecule has 2 N–H and O–H groups in total. The number of aliphatic carboxylic acids is 1. The smallest absolute Gasteiger partial charge is 0.322 e. The Morgan fingerprint density at radius 1 is 1.50 bits per heavy atom. The fourth-order valence-corrected chi connectivity index (χ4v) is 1.36. The Labute approximate surface area is 105 Å². The number of carbonyl (C=O) groups is 2. The molecule has 0 bridgehead atoms. The summed E-state index contributed by atoms with van der Waals surface area (Å²) in [4.78, 5) is 23.6. The quantitative estimate of drug-likeness (QED) is 0.789. The summed E-state index contributed by atoms with van der Waals surface area (Å²) >= 11 is 0. The summed E-state index contributed by atoms with van der Waals surface area (Å²) in [7, 11) is 1.58. The van der Waals surface area contributed by atoms with E-state index in [1.54, 1.807) is 31.3 Å². The number of benzene rings is 1. The van der Waals surface area contributed by atoms with E-state index in [4.69, 9.17) is 11.5 Å². The van der Waals surface area contributed by atoms with Crippen LogP contribution in [0.2, 0.25) is 0 Å². The van der Waals surface area contributed by atoms with Crippen molar-refractivity contribution in [1.82, 2.24) is 4.90 Å². The molecule has 18 heavy (non-hydrogen) atoms. The van der Waals surface area contributed by atoms with Crippen LogP contribution < -0.4 is 5.32 Å². The van der Waals surface area contributed by atoms with Gasteiger partial charge in [-0.1, -0.05) is 18.1 Å². The normalized spacial score (nSPS) is 9.33. The summed E-state index contributed by atoms with van der Waals surface area (Å²) in [5.41, 5.74) is 1.17. The number of anilines is 1. The van der Waals surface area contributed by atoms with Gasteiger partial charge in [-0.3, -0.25) is 4.79 Å². The van der Waals surface area contributed by atoms with Crippen molar-refractivity contribution >= 4 is 17.7 Å². The minimum atomic E-state index is -0.914. The molecular weight excluding hydrogens is 232 g/mol. The van der Waals surface area contributed by atoms with Gasteiger partial charge in [0.15, 0.2) is 0 Å². The van der Waals surface area contributed by atoms with Crippen molar-refractivity contribution in [3.05, 3.63) is 29.8 Å². The molecule has 0 spiro atoms. The minimum absolute atomic E-state index is 0.0795. The molecule has 1 aromatic carbocycles. The zero-order chi connectivity index (χ0) is 13.5. The van der Waals surface area contributed by atoms with Gasteiger partial charge in [0.1, 0.15) is 0 Å². The molecular formula is C13H14N2O3. The maximum atomic E-state index is 11.6. The summed E-state index contributed by atoms with van der Waals surface area (Å²) in [6.45, 7) is 0.209. The Balaban J connectivity index is 2.70. The molecule has 5 heteroatoms. The molecule has 1 rings (SSSR count). The second-order valence-corrected chi connectivity index (χ2v) is 3.76. The van der Waals surface area contributed by atoms with Gasteiger partial charge in [-0.05, 0) is 17.7 Å². The van der Waals surface area contributed by atoms with Gasteiger partial charge in [-0.25, -0.2) is 4.79 Å². The number of hydrogen-bond donors (Lipinski definition) is 2. The Morgan fingerprint density at radius 2 is 2.22 bits per heavy atom. The molecule has 0 aliphatic carbocycles. The first kappa shape index (κ1) is 13.6. The van der Waals surface area contributed by atoms with Gasteiger partial charge in [0.25, 0.3) is 0 Å². The fraction of sp³-hybridized carbons (Fsp3) is 0.231. The van der Waals surface area contributed by atoms with E-state index >= 15 is 0 Å². The first-order valence-corrected chi connectivity index (χ1v) is 5.29. The summed E-state index contributed by atoms with van der Waals surface area (Å²) in [5, 5.41) is 11.3. The lowest BCUT2D eigenvalue weighted by Crippen LogP contribution is -2.31. The van der Waals surface area contributed by atoms with E-state index in [2.05, 4.69) is 11.2 Å². The van der Waals surface area contributed by atoms with Gasteiger partial charge < -0.3 is 15.3 Å². The van der Waals surface area contributed by atoms with Crippen molar-refractivity contribution in [2.45, 2.75) is 6.42 Å². The molecule has 0 aromatic heterocycles. The molecule has 94 valence electrons. The third-order valence-electron chi connectivity index (χ3n) is 2.21. The summed E-state index contributed by atoms with van der Waals surface area (Å²) in [6, 6.07) is 6.35. The Hall–Kier alpha value is -2.48. The van der Waals surface area contributed by atoms with E-state index in [-0.39, 0.29) is 19.0 Å². The molecule has 0 atom stereocenters. The third-order valence-corrected chi connectivity index (χ3v) is 2.21. The van der Waals surface area contributed by atoms with Crippen LogP contribution in [0.3, 0.4) is 0 Å². The number of urea groups is 1. The van der Waals surface area contributed by atoms with E-state index in [1.165, 1.54) is 4.90 Å². The molecule has 2 amide bonds. The first-order chi connectivity index (χ1) is 8.52. The fourth-order valence-electron chi connectivity index (χ4n) is 1.36. The van der Waals surface area contributed by atoms with Crippen LogP contribution in [0.4, 0.5) is 10.5 Å². The highest BCUT2D eigenvalue weighted by atomic mass is 16.4. The number of hydrogen-bond acceptors (Lipinski definition) is 2. The Bertz CT molecular complexity index is 491. The monoisotopic (exact) mass is 246 g/mol. The van der Waals surface area contributed by atoms with Crippen molar-refractivity contribution < 1.29 is 14.7 Å². The van der Waals surface area contributed by atoms with E-state index in [0.717, 1.165) is 0 Å². The van der Waals surface area contributed by atoms with E-state index in [9.17, 15) is 9.59 Å². The molecule has 5 nitrogen and oxygen atoms in total. The minimum Gasteiger partial charge on any atom is -0.481 e. The van der Waals surface area contributed by atoms with Crippen LogP contribution in [0.25, 0.3) is 0 Å². The number of carboxylic acid groups (broad SMARTS) is 1. The molecule has 0 aliphatic heterocycles. The van der Waals surface area contributed by atoms with Crippen molar-refractivity contribution in [3.63, 3.8) is 0 Å². The molecule has 0 radical (unpaired) electrons. The average Bonchev–Trinajstić information content (AvgIpc) is 2.28. The second kappa shape index (κ2) is 6.30. The lowest BCUT2D eigenvalue weighted by molar-refractivity contribution is -0.136. The molecule has 0 aliphatic rings. The van der Waals surface area contributed by atoms with Crippen LogP contribution in [-0.4, -0.2) is 35.6 Å². The van der Waals surface area contributed by atoms with Crippen LogP contribution >= 0.6 is 0 Å². The number of nitrogens with zero attached hydrogens (tertiary/aromatic N) is 1. The molecule has 0 saturated heterocycles. The highest BCUT2D eigenvalue weighted by molar-refractivity contribution is 5.89. The zero-order valence-electron chi connectivity index (χ0n) is 10.0. The zero-order valence-corrected chi connectivity index (χ0v) is 10.0.